The zero-order valence-corrected chi connectivity index (χ0v) is 12.6. The molecule has 0 radical (unpaired) electrons. The fourth-order valence-electron chi connectivity index (χ4n) is 2.65. The molecule has 2 rings (SSSR count). The van der Waals surface area contributed by atoms with Crippen molar-refractivity contribution in [3.63, 3.8) is 0 Å². The second-order valence-corrected chi connectivity index (χ2v) is 5.53. The Morgan fingerprint density at radius 1 is 0.900 bits per heavy atom. The topological polar surface area (TPSA) is 32.3 Å². The Morgan fingerprint density at radius 2 is 1.55 bits per heavy atom. The Morgan fingerprint density at radius 3 is 2.20 bits per heavy atom. The first kappa shape index (κ1) is 14.6. The van der Waals surface area contributed by atoms with Crippen LogP contribution in [0.4, 0.5) is 0 Å². The summed E-state index contributed by atoms with van der Waals surface area (Å²) in [4.78, 5) is 0. The minimum absolute atomic E-state index is 0.102. The quantitative estimate of drug-likeness (QED) is 0.861. The molecule has 2 aromatic carbocycles. The van der Waals surface area contributed by atoms with Gasteiger partial charge in [-0.15, -0.1) is 0 Å². The van der Waals surface area contributed by atoms with E-state index in [4.69, 9.17) is 0 Å². The van der Waals surface area contributed by atoms with Crippen LogP contribution in [0.25, 0.3) is 0 Å². The number of phenols is 1. The maximum absolute atomic E-state index is 10.1. The number of aromatic hydroxyl groups is 1. The molecular weight excluding hydrogens is 246 g/mol. The van der Waals surface area contributed by atoms with E-state index in [1.54, 1.807) is 0 Å². The van der Waals surface area contributed by atoms with Crippen LogP contribution in [0.2, 0.25) is 0 Å². The summed E-state index contributed by atoms with van der Waals surface area (Å²) in [6, 6.07) is 14.6. The van der Waals surface area contributed by atoms with Crippen molar-refractivity contribution in [2.75, 3.05) is 0 Å². The Bertz CT molecular complexity index is 592. The van der Waals surface area contributed by atoms with Crippen LogP contribution < -0.4 is 5.32 Å². The van der Waals surface area contributed by atoms with Crippen molar-refractivity contribution in [1.29, 1.82) is 0 Å². The minimum atomic E-state index is 0.102. The summed E-state index contributed by atoms with van der Waals surface area (Å²) < 4.78 is 0. The van der Waals surface area contributed by atoms with E-state index in [2.05, 4.69) is 50.4 Å². The van der Waals surface area contributed by atoms with Gasteiger partial charge in [-0.1, -0.05) is 36.4 Å². The first-order chi connectivity index (χ1) is 9.49. The second-order valence-electron chi connectivity index (χ2n) is 5.53. The summed E-state index contributed by atoms with van der Waals surface area (Å²) in [5.41, 5.74) is 4.60. The molecule has 2 nitrogen and oxygen atoms in total. The van der Waals surface area contributed by atoms with E-state index in [1.165, 1.54) is 11.1 Å². The number of aryl methyl sites for hydroxylation is 2. The third-order valence-electron chi connectivity index (χ3n) is 3.81. The zero-order valence-electron chi connectivity index (χ0n) is 12.6. The monoisotopic (exact) mass is 269 g/mol. The third-order valence-corrected chi connectivity index (χ3v) is 3.81. The van der Waals surface area contributed by atoms with Crippen LogP contribution in [0.3, 0.4) is 0 Å². The molecule has 0 aromatic heterocycles. The summed E-state index contributed by atoms with van der Waals surface area (Å²) in [7, 11) is 0. The summed E-state index contributed by atoms with van der Waals surface area (Å²) in [6.07, 6.45) is 0. The van der Waals surface area contributed by atoms with E-state index in [1.807, 2.05) is 25.1 Å². The van der Waals surface area contributed by atoms with E-state index >= 15 is 0 Å². The van der Waals surface area contributed by atoms with Crippen molar-refractivity contribution in [3.05, 3.63) is 64.7 Å². The Balaban J connectivity index is 2.15. The summed E-state index contributed by atoms with van der Waals surface area (Å²) in [5.74, 6) is 0.363. The summed E-state index contributed by atoms with van der Waals surface area (Å²) in [6.45, 7) is 8.35. The Kier molecular flexibility index (Phi) is 4.46. The molecule has 0 aliphatic heterocycles. The van der Waals surface area contributed by atoms with Crippen LogP contribution in [0.5, 0.6) is 5.75 Å². The van der Waals surface area contributed by atoms with Gasteiger partial charge in [-0.2, -0.15) is 0 Å². The number of nitrogens with one attached hydrogen (secondary N) is 1. The molecule has 2 aromatic rings. The molecule has 0 saturated carbocycles. The van der Waals surface area contributed by atoms with Crippen molar-refractivity contribution in [2.45, 2.75) is 39.8 Å². The average molecular weight is 269 g/mol. The fraction of sp³-hybridized carbons (Fsp3) is 0.333. The van der Waals surface area contributed by atoms with E-state index in [0.29, 0.717) is 5.75 Å². The smallest absolute Gasteiger partial charge is 0.120 e. The van der Waals surface area contributed by atoms with Crippen molar-refractivity contribution < 1.29 is 5.11 Å². The second kappa shape index (κ2) is 6.10. The largest absolute Gasteiger partial charge is 0.508 e. The molecule has 0 spiro atoms. The first-order valence-electron chi connectivity index (χ1n) is 7.10. The average Bonchev–Trinajstić information content (AvgIpc) is 2.38. The summed E-state index contributed by atoms with van der Waals surface area (Å²) in [5, 5.41) is 13.6. The fourth-order valence-corrected chi connectivity index (χ4v) is 2.65. The highest BCUT2D eigenvalue weighted by Gasteiger charge is 2.15. The normalized spacial score (nSPS) is 14.0. The van der Waals surface area contributed by atoms with Crippen LogP contribution >= 0.6 is 0 Å². The van der Waals surface area contributed by atoms with Crippen LogP contribution in [0, 0.1) is 13.8 Å². The minimum Gasteiger partial charge on any atom is -0.508 e. The van der Waals surface area contributed by atoms with Crippen molar-refractivity contribution in [3.8, 4) is 5.75 Å². The molecule has 1 unspecified atom stereocenters. The van der Waals surface area contributed by atoms with E-state index in [9.17, 15) is 5.11 Å². The SMILES string of the molecule is Cc1ccc(C(C)N[C@@H](C)c2ccccc2C)c(O)c1. The maximum Gasteiger partial charge on any atom is 0.120 e. The van der Waals surface area contributed by atoms with Crippen LogP contribution in [-0.4, -0.2) is 5.11 Å². The van der Waals surface area contributed by atoms with E-state index in [0.717, 1.165) is 11.1 Å². The van der Waals surface area contributed by atoms with Gasteiger partial charge in [-0.3, -0.25) is 0 Å². The zero-order chi connectivity index (χ0) is 14.7. The van der Waals surface area contributed by atoms with Gasteiger partial charge in [0.05, 0.1) is 0 Å². The number of rotatable bonds is 4. The maximum atomic E-state index is 10.1. The van der Waals surface area contributed by atoms with Gasteiger partial charge in [0.1, 0.15) is 5.75 Å². The predicted octanol–water partition coefficient (Wildman–Crippen LogP) is 4.42. The number of benzene rings is 2. The highest BCUT2D eigenvalue weighted by molar-refractivity contribution is 5.38. The molecular formula is C18H23NO. The molecule has 0 amide bonds. The number of hydrogen-bond donors (Lipinski definition) is 2. The molecule has 2 heteroatoms. The summed E-state index contributed by atoms with van der Waals surface area (Å²) >= 11 is 0. The first-order valence-corrected chi connectivity index (χ1v) is 7.10. The van der Waals surface area contributed by atoms with Gasteiger partial charge in [-0.25, -0.2) is 0 Å². The lowest BCUT2D eigenvalue weighted by atomic mass is 9.99. The van der Waals surface area contributed by atoms with Crippen molar-refractivity contribution in [2.24, 2.45) is 0 Å². The molecule has 0 fully saturated rings. The highest BCUT2D eigenvalue weighted by Crippen LogP contribution is 2.27. The number of hydrogen-bond acceptors (Lipinski definition) is 2. The van der Waals surface area contributed by atoms with Crippen LogP contribution in [0.15, 0.2) is 42.5 Å². The van der Waals surface area contributed by atoms with Crippen LogP contribution in [-0.2, 0) is 0 Å². The highest BCUT2D eigenvalue weighted by atomic mass is 16.3. The lowest BCUT2D eigenvalue weighted by Crippen LogP contribution is -2.23. The van der Waals surface area contributed by atoms with E-state index in [-0.39, 0.29) is 12.1 Å². The Hall–Kier alpha value is -1.80. The molecule has 2 atom stereocenters. The number of phenolic OH excluding ortho intramolecular Hbond substituents is 1. The standard InChI is InChI=1S/C18H23NO/c1-12-9-10-17(18(20)11-12)15(4)19-14(3)16-8-6-5-7-13(16)2/h5-11,14-15,19-20H,1-4H3/t14-,15?/m0/s1. The molecule has 2 N–H and O–H groups in total. The molecule has 20 heavy (non-hydrogen) atoms. The van der Waals surface area contributed by atoms with Gasteiger partial charge in [0.15, 0.2) is 0 Å². The van der Waals surface area contributed by atoms with Gasteiger partial charge >= 0.3 is 0 Å². The lowest BCUT2D eigenvalue weighted by Gasteiger charge is -2.23. The van der Waals surface area contributed by atoms with Gasteiger partial charge in [0, 0.05) is 17.6 Å². The van der Waals surface area contributed by atoms with E-state index < -0.39 is 0 Å². The van der Waals surface area contributed by atoms with Gasteiger partial charge in [-0.05, 0) is 50.5 Å². The molecule has 0 heterocycles. The van der Waals surface area contributed by atoms with Crippen molar-refractivity contribution >= 4 is 0 Å². The van der Waals surface area contributed by atoms with Crippen molar-refractivity contribution in [1.82, 2.24) is 5.32 Å². The van der Waals surface area contributed by atoms with Gasteiger partial charge in [0.25, 0.3) is 0 Å². The van der Waals surface area contributed by atoms with Gasteiger partial charge < -0.3 is 10.4 Å². The van der Waals surface area contributed by atoms with Gasteiger partial charge in [0.2, 0.25) is 0 Å². The predicted molar refractivity (Wildman–Crippen MR) is 84.0 cm³/mol. The molecule has 0 saturated heterocycles. The lowest BCUT2D eigenvalue weighted by molar-refractivity contribution is 0.438. The molecule has 0 aliphatic rings. The molecule has 0 aliphatic carbocycles. The third kappa shape index (κ3) is 3.20. The Labute approximate surface area is 121 Å². The van der Waals surface area contributed by atoms with Crippen LogP contribution in [0.1, 0.15) is 48.2 Å². The molecule has 0 bridgehead atoms. The molecule has 106 valence electrons.